The standard InChI is InChI=1S/C15H19BrN2O2/c1-4-17-7-9(2)8-18-13-10(3)5-11(16)6-12(13)14(19)15(18)20/h5-6,9,17H,4,7-8H2,1-3H3. The van der Waals surface area contributed by atoms with Gasteiger partial charge in [0.2, 0.25) is 0 Å². The van der Waals surface area contributed by atoms with E-state index >= 15 is 0 Å². The molecule has 1 unspecified atom stereocenters. The zero-order valence-corrected chi connectivity index (χ0v) is 13.6. The van der Waals surface area contributed by atoms with Crippen molar-refractivity contribution in [3.05, 3.63) is 27.7 Å². The second-order valence-corrected chi connectivity index (χ2v) is 6.19. The number of amides is 1. The first kappa shape index (κ1) is 15.2. The molecule has 4 nitrogen and oxygen atoms in total. The van der Waals surface area contributed by atoms with Crippen LogP contribution in [0, 0.1) is 12.8 Å². The first-order chi connectivity index (χ1) is 9.45. The third-order valence-electron chi connectivity index (χ3n) is 3.46. The number of Topliss-reactive ketones (excluding diaryl/α,β-unsaturated/α-hetero) is 1. The van der Waals surface area contributed by atoms with Crippen LogP contribution >= 0.6 is 15.9 Å². The number of carbonyl (C=O) groups is 2. The third kappa shape index (κ3) is 2.79. The van der Waals surface area contributed by atoms with E-state index in [1.54, 1.807) is 11.0 Å². The Hall–Kier alpha value is -1.20. The van der Waals surface area contributed by atoms with Crippen molar-refractivity contribution in [1.29, 1.82) is 0 Å². The Morgan fingerprint density at radius 3 is 2.70 bits per heavy atom. The van der Waals surface area contributed by atoms with Gasteiger partial charge in [-0.05, 0) is 43.6 Å². The van der Waals surface area contributed by atoms with Crippen LogP contribution in [0.5, 0.6) is 0 Å². The lowest BCUT2D eigenvalue weighted by molar-refractivity contribution is -0.114. The quantitative estimate of drug-likeness (QED) is 0.839. The fraction of sp³-hybridized carbons (Fsp3) is 0.467. The second-order valence-electron chi connectivity index (χ2n) is 5.28. The Bertz CT molecular complexity index is 557. The molecule has 0 aliphatic carbocycles. The molecule has 5 heteroatoms. The van der Waals surface area contributed by atoms with E-state index in [0.717, 1.165) is 28.8 Å². The number of aryl methyl sites for hydroxylation is 1. The number of hydrogen-bond donors (Lipinski definition) is 1. The summed E-state index contributed by atoms with van der Waals surface area (Å²) in [5, 5.41) is 3.27. The van der Waals surface area contributed by atoms with Gasteiger partial charge in [-0.2, -0.15) is 0 Å². The van der Waals surface area contributed by atoms with Crippen LogP contribution in [0.4, 0.5) is 5.69 Å². The lowest BCUT2D eigenvalue weighted by Gasteiger charge is -2.22. The number of ketones is 1. The number of anilines is 1. The van der Waals surface area contributed by atoms with Gasteiger partial charge in [-0.15, -0.1) is 0 Å². The van der Waals surface area contributed by atoms with E-state index in [4.69, 9.17) is 0 Å². The summed E-state index contributed by atoms with van der Waals surface area (Å²) in [6, 6.07) is 3.67. The topological polar surface area (TPSA) is 49.4 Å². The number of fused-ring (bicyclic) bond motifs is 1. The van der Waals surface area contributed by atoms with Gasteiger partial charge in [-0.1, -0.05) is 29.8 Å². The molecule has 1 amide bonds. The van der Waals surface area contributed by atoms with Gasteiger partial charge in [0.15, 0.2) is 0 Å². The molecule has 0 spiro atoms. The van der Waals surface area contributed by atoms with Crippen LogP contribution in [-0.4, -0.2) is 31.3 Å². The van der Waals surface area contributed by atoms with Crippen molar-refractivity contribution in [1.82, 2.24) is 5.32 Å². The van der Waals surface area contributed by atoms with Crippen molar-refractivity contribution in [2.75, 3.05) is 24.5 Å². The predicted molar refractivity (Wildman–Crippen MR) is 83.3 cm³/mol. The highest BCUT2D eigenvalue weighted by atomic mass is 79.9. The van der Waals surface area contributed by atoms with Gasteiger partial charge in [0.25, 0.3) is 11.7 Å². The number of nitrogens with one attached hydrogen (secondary N) is 1. The first-order valence-electron chi connectivity index (χ1n) is 6.82. The van der Waals surface area contributed by atoms with Crippen LogP contribution in [0.15, 0.2) is 16.6 Å². The van der Waals surface area contributed by atoms with Crippen LogP contribution in [0.25, 0.3) is 0 Å². The van der Waals surface area contributed by atoms with E-state index in [-0.39, 0.29) is 0 Å². The molecule has 20 heavy (non-hydrogen) atoms. The van der Waals surface area contributed by atoms with Crippen LogP contribution in [0.1, 0.15) is 29.8 Å². The average molecular weight is 339 g/mol. The molecule has 1 N–H and O–H groups in total. The molecule has 1 aliphatic heterocycles. The Balaban J connectivity index is 2.29. The zero-order chi connectivity index (χ0) is 14.9. The SMILES string of the molecule is CCNCC(C)CN1C(=O)C(=O)c2cc(Br)cc(C)c21. The number of carbonyl (C=O) groups excluding carboxylic acids is 2. The summed E-state index contributed by atoms with van der Waals surface area (Å²) in [6.45, 7) is 8.35. The Morgan fingerprint density at radius 2 is 2.05 bits per heavy atom. The predicted octanol–water partition coefficient (Wildman–Crippen LogP) is 2.53. The fourth-order valence-corrected chi connectivity index (χ4v) is 3.12. The minimum Gasteiger partial charge on any atom is -0.317 e. The fourth-order valence-electron chi connectivity index (χ4n) is 2.55. The van der Waals surface area contributed by atoms with E-state index in [1.807, 2.05) is 19.9 Å². The molecule has 1 aromatic rings. The zero-order valence-electron chi connectivity index (χ0n) is 12.0. The van der Waals surface area contributed by atoms with Crippen molar-refractivity contribution in [3.8, 4) is 0 Å². The number of nitrogens with zero attached hydrogens (tertiary/aromatic N) is 1. The summed E-state index contributed by atoms with van der Waals surface area (Å²) in [5.74, 6) is -0.523. The number of halogens is 1. The number of benzene rings is 1. The summed E-state index contributed by atoms with van der Waals surface area (Å²) in [7, 11) is 0. The Morgan fingerprint density at radius 1 is 1.35 bits per heavy atom. The Kier molecular flexibility index (Phi) is 4.60. The summed E-state index contributed by atoms with van der Waals surface area (Å²) in [6.07, 6.45) is 0. The highest BCUT2D eigenvalue weighted by Gasteiger charge is 2.37. The number of rotatable bonds is 5. The minimum absolute atomic E-state index is 0.292. The Labute approximate surface area is 127 Å². The van der Waals surface area contributed by atoms with E-state index in [0.29, 0.717) is 18.0 Å². The van der Waals surface area contributed by atoms with Crippen LogP contribution in [0.3, 0.4) is 0 Å². The second kappa shape index (κ2) is 6.06. The molecule has 108 valence electrons. The molecule has 1 atom stereocenters. The normalized spacial score (nSPS) is 15.7. The molecule has 0 radical (unpaired) electrons. The van der Waals surface area contributed by atoms with Gasteiger partial charge in [-0.3, -0.25) is 9.59 Å². The highest BCUT2D eigenvalue weighted by Crippen LogP contribution is 2.35. The van der Waals surface area contributed by atoms with Crippen LogP contribution in [-0.2, 0) is 4.79 Å². The van der Waals surface area contributed by atoms with Gasteiger partial charge in [-0.25, -0.2) is 0 Å². The van der Waals surface area contributed by atoms with Gasteiger partial charge < -0.3 is 10.2 Å². The molecule has 0 saturated carbocycles. The molecule has 2 rings (SSSR count). The summed E-state index contributed by atoms with van der Waals surface area (Å²) in [5.41, 5.74) is 2.23. The van der Waals surface area contributed by atoms with Gasteiger partial charge in [0.1, 0.15) is 0 Å². The highest BCUT2D eigenvalue weighted by molar-refractivity contribution is 9.10. The van der Waals surface area contributed by atoms with Crippen molar-refractivity contribution in [3.63, 3.8) is 0 Å². The van der Waals surface area contributed by atoms with Crippen LogP contribution in [0.2, 0.25) is 0 Å². The van der Waals surface area contributed by atoms with E-state index in [1.165, 1.54) is 0 Å². The molecule has 1 aromatic carbocycles. The third-order valence-corrected chi connectivity index (χ3v) is 3.91. The number of hydrogen-bond acceptors (Lipinski definition) is 3. The molecule has 1 aliphatic rings. The molecule has 0 aromatic heterocycles. The average Bonchev–Trinajstić information content (AvgIpc) is 2.62. The maximum atomic E-state index is 12.2. The van der Waals surface area contributed by atoms with E-state index in [9.17, 15) is 9.59 Å². The van der Waals surface area contributed by atoms with Crippen molar-refractivity contribution >= 4 is 33.3 Å². The largest absolute Gasteiger partial charge is 0.317 e. The maximum absolute atomic E-state index is 12.2. The van der Waals surface area contributed by atoms with Crippen molar-refractivity contribution < 1.29 is 9.59 Å². The molecule has 0 bridgehead atoms. The lowest BCUT2D eigenvalue weighted by Crippen LogP contribution is -2.37. The minimum atomic E-state index is -0.412. The van der Waals surface area contributed by atoms with Gasteiger partial charge in [0.05, 0.1) is 11.3 Å². The monoisotopic (exact) mass is 338 g/mol. The molecule has 1 heterocycles. The van der Waals surface area contributed by atoms with E-state index in [2.05, 4.69) is 28.2 Å². The smallest absolute Gasteiger partial charge is 0.299 e. The van der Waals surface area contributed by atoms with Crippen molar-refractivity contribution in [2.45, 2.75) is 20.8 Å². The molecule has 0 saturated heterocycles. The van der Waals surface area contributed by atoms with Crippen molar-refractivity contribution in [2.24, 2.45) is 5.92 Å². The lowest BCUT2D eigenvalue weighted by atomic mass is 10.1. The van der Waals surface area contributed by atoms with Gasteiger partial charge >= 0.3 is 0 Å². The first-order valence-corrected chi connectivity index (χ1v) is 7.62. The maximum Gasteiger partial charge on any atom is 0.299 e. The van der Waals surface area contributed by atoms with Crippen LogP contribution < -0.4 is 10.2 Å². The van der Waals surface area contributed by atoms with Gasteiger partial charge in [0, 0.05) is 11.0 Å². The summed E-state index contributed by atoms with van der Waals surface area (Å²) in [4.78, 5) is 25.9. The molecule has 0 fully saturated rings. The van der Waals surface area contributed by atoms with E-state index < -0.39 is 11.7 Å². The summed E-state index contributed by atoms with van der Waals surface area (Å²) < 4.78 is 0.831. The molecular weight excluding hydrogens is 320 g/mol. The summed E-state index contributed by atoms with van der Waals surface area (Å²) >= 11 is 3.38. The molecular formula is C15H19BrN2O2.